The standard InChI is InChI=1S/C29H25Cl2N3O4S/c1-33-28(36)26(16-19-5-2-3-8-25(19)38-18-21-9-10-22(30)17-24(21)31)39-29(33)32-23-7-4-6-20(15-23)27(35)34-11-13-37-14-12-34/h2-10,15-17H,11-14,18H2,1H3/b26-16+,32-29?. The van der Waals surface area contributed by atoms with Gasteiger partial charge in [-0.2, -0.15) is 0 Å². The van der Waals surface area contributed by atoms with Crippen molar-refractivity contribution in [2.75, 3.05) is 33.4 Å². The van der Waals surface area contributed by atoms with Crippen LogP contribution in [0.2, 0.25) is 10.0 Å². The van der Waals surface area contributed by atoms with E-state index < -0.39 is 0 Å². The second-order valence-electron chi connectivity index (χ2n) is 8.89. The van der Waals surface area contributed by atoms with E-state index in [-0.39, 0.29) is 18.4 Å². The number of likely N-dealkylation sites (N-methyl/N-ethyl adjacent to an activating group) is 1. The molecule has 0 saturated carbocycles. The Morgan fingerprint density at radius 1 is 1.08 bits per heavy atom. The van der Waals surface area contributed by atoms with E-state index in [2.05, 4.69) is 4.99 Å². The first-order valence-corrected chi connectivity index (χ1v) is 13.9. The molecule has 2 aliphatic rings. The van der Waals surface area contributed by atoms with Gasteiger partial charge < -0.3 is 14.4 Å². The van der Waals surface area contributed by atoms with Crippen LogP contribution in [-0.4, -0.2) is 60.1 Å². The number of hydrogen-bond acceptors (Lipinski definition) is 6. The van der Waals surface area contributed by atoms with Crippen molar-refractivity contribution in [1.82, 2.24) is 9.80 Å². The fourth-order valence-corrected chi connectivity index (χ4v) is 5.53. The monoisotopic (exact) mass is 581 g/mol. The number of nitrogens with zero attached hydrogens (tertiary/aromatic N) is 3. The van der Waals surface area contributed by atoms with Gasteiger partial charge in [-0.3, -0.25) is 14.5 Å². The molecule has 0 bridgehead atoms. The Morgan fingerprint density at radius 2 is 1.87 bits per heavy atom. The third-order valence-corrected chi connectivity index (χ3v) is 7.87. The highest BCUT2D eigenvalue weighted by atomic mass is 35.5. The maximum absolute atomic E-state index is 13.1. The van der Waals surface area contributed by atoms with E-state index in [0.717, 1.165) is 11.1 Å². The van der Waals surface area contributed by atoms with Crippen LogP contribution in [0.4, 0.5) is 5.69 Å². The van der Waals surface area contributed by atoms with Gasteiger partial charge in [0.15, 0.2) is 5.17 Å². The van der Waals surface area contributed by atoms with Crippen molar-refractivity contribution in [3.63, 3.8) is 0 Å². The molecule has 0 spiro atoms. The fraction of sp³-hybridized carbons (Fsp3) is 0.207. The largest absolute Gasteiger partial charge is 0.488 e. The minimum atomic E-state index is -0.171. The SMILES string of the molecule is CN1C(=O)/C(=C\c2ccccc2OCc2ccc(Cl)cc2Cl)SC1=Nc1cccc(C(=O)N2CCOCC2)c1. The molecule has 2 heterocycles. The van der Waals surface area contributed by atoms with Crippen LogP contribution in [0, 0.1) is 0 Å². The van der Waals surface area contributed by atoms with Crippen molar-refractivity contribution in [2.45, 2.75) is 6.61 Å². The Labute approximate surface area is 241 Å². The first kappa shape index (κ1) is 27.3. The summed E-state index contributed by atoms with van der Waals surface area (Å²) >= 11 is 13.6. The normalized spacial score (nSPS) is 17.8. The van der Waals surface area contributed by atoms with Gasteiger partial charge >= 0.3 is 0 Å². The number of halogens is 2. The van der Waals surface area contributed by atoms with Gasteiger partial charge in [0.05, 0.1) is 23.8 Å². The zero-order valence-electron chi connectivity index (χ0n) is 21.1. The average molecular weight is 583 g/mol. The molecule has 0 atom stereocenters. The number of carbonyl (C=O) groups excluding carboxylic acids is 2. The molecular formula is C29H25Cl2N3O4S. The number of benzene rings is 3. The molecule has 200 valence electrons. The molecule has 0 unspecified atom stereocenters. The van der Waals surface area contributed by atoms with Crippen LogP contribution >= 0.6 is 35.0 Å². The highest BCUT2D eigenvalue weighted by Crippen LogP contribution is 2.35. The lowest BCUT2D eigenvalue weighted by molar-refractivity contribution is -0.121. The molecule has 39 heavy (non-hydrogen) atoms. The molecule has 2 fully saturated rings. The maximum Gasteiger partial charge on any atom is 0.266 e. The number of amidine groups is 1. The predicted octanol–water partition coefficient (Wildman–Crippen LogP) is 6.28. The van der Waals surface area contributed by atoms with Crippen molar-refractivity contribution < 1.29 is 19.1 Å². The number of carbonyl (C=O) groups is 2. The average Bonchev–Trinajstić information content (AvgIpc) is 3.21. The van der Waals surface area contributed by atoms with Crippen LogP contribution in [-0.2, 0) is 16.1 Å². The van der Waals surface area contributed by atoms with Crippen LogP contribution in [0.1, 0.15) is 21.5 Å². The van der Waals surface area contributed by atoms with E-state index in [1.54, 1.807) is 48.4 Å². The molecule has 0 N–H and O–H groups in total. The molecule has 7 nitrogen and oxygen atoms in total. The molecule has 10 heteroatoms. The number of morpholine rings is 1. The molecule has 3 aromatic rings. The number of rotatable bonds is 6. The molecule has 0 aliphatic carbocycles. The second kappa shape index (κ2) is 12.3. The first-order valence-electron chi connectivity index (χ1n) is 12.3. The van der Waals surface area contributed by atoms with E-state index >= 15 is 0 Å². The number of hydrogen-bond donors (Lipinski definition) is 0. The minimum Gasteiger partial charge on any atom is -0.488 e. The van der Waals surface area contributed by atoms with Crippen molar-refractivity contribution in [1.29, 1.82) is 0 Å². The topological polar surface area (TPSA) is 71.4 Å². The zero-order chi connectivity index (χ0) is 27.4. The van der Waals surface area contributed by atoms with Gasteiger partial charge in [0.1, 0.15) is 12.4 Å². The summed E-state index contributed by atoms with van der Waals surface area (Å²) in [5.41, 5.74) is 2.71. The van der Waals surface area contributed by atoms with Crippen molar-refractivity contribution >= 4 is 63.7 Å². The lowest BCUT2D eigenvalue weighted by Gasteiger charge is -2.26. The number of aliphatic imine (C=N–C) groups is 1. The van der Waals surface area contributed by atoms with E-state index in [1.807, 2.05) is 36.4 Å². The third-order valence-electron chi connectivity index (χ3n) is 6.22. The Bertz CT molecular complexity index is 1470. The van der Waals surface area contributed by atoms with Gasteiger partial charge in [-0.15, -0.1) is 0 Å². The van der Waals surface area contributed by atoms with Gasteiger partial charge in [-0.25, -0.2) is 4.99 Å². The third kappa shape index (κ3) is 6.47. The summed E-state index contributed by atoms with van der Waals surface area (Å²) in [5.74, 6) is 0.391. The van der Waals surface area contributed by atoms with E-state index in [9.17, 15) is 9.59 Å². The summed E-state index contributed by atoms with van der Waals surface area (Å²) in [7, 11) is 1.68. The summed E-state index contributed by atoms with van der Waals surface area (Å²) in [6.45, 7) is 2.46. The first-order chi connectivity index (χ1) is 18.9. The Morgan fingerprint density at radius 3 is 2.67 bits per heavy atom. The van der Waals surface area contributed by atoms with Crippen LogP contribution in [0.5, 0.6) is 5.75 Å². The van der Waals surface area contributed by atoms with Crippen LogP contribution in [0.25, 0.3) is 6.08 Å². The smallest absolute Gasteiger partial charge is 0.266 e. The van der Waals surface area contributed by atoms with Crippen LogP contribution in [0.3, 0.4) is 0 Å². The summed E-state index contributed by atoms with van der Waals surface area (Å²) in [5, 5.41) is 1.61. The molecule has 3 aromatic carbocycles. The summed E-state index contributed by atoms with van der Waals surface area (Å²) in [4.78, 5) is 34.4. The maximum atomic E-state index is 13.1. The Kier molecular flexibility index (Phi) is 8.57. The molecule has 2 saturated heterocycles. The van der Waals surface area contributed by atoms with Crippen LogP contribution < -0.4 is 4.74 Å². The number of amides is 2. The zero-order valence-corrected chi connectivity index (χ0v) is 23.4. The minimum absolute atomic E-state index is 0.0547. The molecule has 0 radical (unpaired) electrons. The van der Waals surface area contributed by atoms with Crippen molar-refractivity contribution in [3.8, 4) is 5.75 Å². The van der Waals surface area contributed by atoms with Gasteiger partial charge in [-0.05, 0) is 54.2 Å². The van der Waals surface area contributed by atoms with Gasteiger partial charge in [0.2, 0.25) is 0 Å². The van der Waals surface area contributed by atoms with E-state index in [0.29, 0.717) is 63.4 Å². The van der Waals surface area contributed by atoms with Crippen molar-refractivity contribution in [3.05, 3.63) is 98.4 Å². The molecule has 0 aromatic heterocycles. The number of ether oxygens (including phenoxy) is 2. The second-order valence-corrected chi connectivity index (χ2v) is 10.7. The quantitative estimate of drug-likeness (QED) is 0.320. The van der Waals surface area contributed by atoms with E-state index in [1.165, 1.54) is 16.7 Å². The summed E-state index contributed by atoms with van der Waals surface area (Å²) in [6, 6.07) is 19.9. The summed E-state index contributed by atoms with van der Waals surface area (Å²) in [6.07, 6.45) is 1.79. The molecule has 2 amide bonds. The van der Waals surface area contributed by atoms with Gasteiger partial charge in [-0.1, -0.05) is 53.5 Å². The Hall–Kier alpha value is -3.30. The van der Waals surface area contributed by atoms with Gasteiger partial charge in [0.25, 0.3) is 11.8 Å². The highest BCUT2D eigenvalue weighted by Gasteiger charge is 2.31. The van der Waals surface area contributed by atoms with Crippen molar-refractivity contribution in [2.24, 2.45) is 4.99 Å². The lowest BCUT2D eigenvalue weighted by atomic mass is 10.1. The molecular weight excluding hydrogens is 557 g/mol. The van der Waals surface area contributed by atoms with E-state index in [4.69, 9.17) is 32.7 Å². The highest BCUT2D eigenvalue weighted by molar-refractivity contribution is 8.18. The number of para-hydroxylation sites is 1. The van der Waals surface area contributed by atoms with Gasteiger partial charge in [0, 0.05) is 46.9 Å². The molecule has 5 rings (SSSR count). The number of thioether (sulfide) groups is 1. The predicted molar refractivity (Wildman–Crippen MR) is 156 cm³/mol. The summed E-state index contributed by atoms with van der Waals surface area (Å²) < 4.78 is 11.4. The Balaban J connectivity index is 1.34. The lowest BCUT2D eigenvalue weighted by Crippen LogP contribution is -2.40. The fourth-order valence-electron chi connectivity index (χ4n) is 4.09. The molecule has 2 aliphatic heterocycles. The van der Waals surface area contributed by atoms with Crippen LogP contribution in [0.15, 0.2) is 76.6 Å².